The molecule has 0 saturated heterocycles. The van der Waals surface area contributed by atoms with Crippen LogP contribution in [0.25, 0.3) is 16.8 Å². The van der Waals surface area contributed by atoms with E-state index in [1.54, 1.807) is 0 Å². The van der Waals surface area contributed by atoms with Crippen molar-refractivity contribution in [3.63, 3.8) is 0 Å². The van der Waals surface area contributed by atoms with E-state index in [0.29, 0.717) is 23.3 Å². The molecule has 0 fully saturated rings. The van der Waals surface area contributed by atoms with Crippen molar-refractivity contribution in [2.45, 2.75) is 6.18 Å². The number of hydrogen-bond donors (Lipinski definition) is 0. The van der Waals surface area contributed by atoms with Crippen LogP contribution in [0.1, 0.15) is 15.9 Å². The maximum absolute atomic E-state index is 14.4. The fraction of sp³-hybridized carbons (Fsp3) is 0.111. The smallest absolute Gasteiger partial charge is 0.416 e. The van der Waals surface area contributed by atoms with Crippen molar-refractivity contribution in [3.05, 3.63) is 69.6 Å². The summed E-state index contributed by atoms with van der Waals surface area (Å²) in [6, 6.07) is 5.19. The van der Waals surface area contributed by atoms with Crippen LogP contribution >= 0.6 is 11.6 Å². The number of amides is 1. The van der Waals surface area contributed by atoms with Gasteiger partial charge in [0, 0.05) is 16.9 Å². The number of benzene rings is 2. The average Bonchev–Trinajstić information content (AvgIpc) is 3.15. The lowest BCUT2D eigenvalue weighted by Gasteiger charge is -2.13. The van der Waals surface area contributed by atoms with E-state index >= 15 is 0 Å². The van der Waals surface area contributed by atoms with Crippen LogP contribution in [0.3, 0.4) is 0 Å². The highest BCUT2D eigenvalue weighted by molar-refractivity contribution is 6.34. The SMILES string of the molecule is COc1cc(C(F)(F)F)cc(F)c1-n1cc(-c2ccc(Cl)c(C(=O)N=O)c2)cn1. The van der Waals surface area contributed by atoms with Crippen molar-refractivity contribution in [1.29, 1.82) is 0 Å². The number of carbonyl (C=O) groups excluding carboxylic acids is 1. The zero-order valence-electron chi connectivity index (χ0n) is 14.5. The summed E-state index contributed by atoms with van der Waals surface area (Å²) in [5, 5.41) is 6.29. The molecule has 0 radical (unpaired) electrons. The van der Waals surface area contributed by atoms with Gasteiger partial charge in [-0.1, -0.05) is 17.7 Å². The van der Waals surface area contributed by atoms with Gasteiger partial charge in [-0.15, -0.1) is 4.91 Å². The van der Waals surface area contributed by atoms with Gasteiger partial charge < -0.3 is 4.74 Å². The summed E-state index contributed by atoms with van der Waals surface area (Å²) in [5.74, 6) is -2.63. The molecule has 2 aromatic carbocycles. The Hall–Kier alpha value is -3.27. The molecule has 150 valence electrons. The first kappa shape index (κ1) is 20.5. The molecule has 1 heterocycles. The quantitative estimate of drug-likeness (QED) is 0.420. The van der Waals surface area contributed by atoms with Gasteiger partial charge in [-0.25, -0.2) is 9.07 Å². The Bertz CT molecular complexity index is 1110. The Morgan fingerprint density at radius 3 is 2.55 bits per heavy atom. The molecule has 0 saturated carbocycles. The molecule has 0 bridgehead atoms. The topological polar surface area (TPSA) is 73.6 Å². The number of alkyl halides is 3. The number of methoxy groups -OCH3 is 1. The predicted octanol–water partition coefficient (Wildman–Crippen LogP) is 5.27. The molecule has 0 spiro atoms. The van der Waals surface area contributed by atoms with Gasteiger partial charge in [-0.3, -0.25) is 4.79 Å². The zero-order valence-corrected chi connectivity index (χ0v) is 15.3. The second-order valence-electron chi connectivity index (χ2n) is 5.77. The fourth-order valence-corrected chi connectivity index (χ4v) is 2.83. The molecule has 11 heteroatoms. The van der Waals surface area contributed by atoms with Gasteiger partial charge >= 0.3 is 12.1 Å². The highest BCUT2D eigenvalue weighted by atomic mass is 35.5. The van der Waals surface area contributed by atoms with E-state index in [1.165, 1.54) is 30.6 Å². The van der Waals surface area contributed by atoms with Gasteiger partial charge in [0.15, 0.2) is 5.82 Å². The minimum Gasteiger partial charge on any atom is -0.494 e. The third-order valence-electron chi connectivity index (χ3n) is 4.00. The molecule has 0 aliphatic heterocycles. The van der Waals surface area contributed by atoms with Crippen molar-refractivity contribution in [2.24, 2.45) is 5.18 Å². The first-order valence-electron chi connectivity index (χ1n) is 7.83. The number of aromatic nitrogens is 2. The number of halogens is 5. The van der Waals surface area contributed by atoms with E-state index < -0.39 is 23.5 Å². The van der Waals surface area contributed by atoms with Crippen LogP contribution in [0.15, 0.2) is 47.9 Å². The van der Waals surface area contributed by atoms with Crippen LogP contribution in [-0.2, 0) is 6.18 Å². The number of carbonyl (C=O) groups is 1. The molecule has 0 aliphatic carbocycles. The third kappa shape index (κ3) is 3.97. The number of nitrogens with zero attached hydrogens (tertiary/aromatic N) is 3. The number of rotatable bonds is 4. The van der Waals surface area contributed by atoms with Crippen molar-refractivity contribution < 1.29 is 27.1 Å². The van der Waals surface area contributed by atoms with E-state index in [-0.39, 0.29) is 22.0 Å². The molecular formula is C18H10ClF4N3O3. The van der Waals surface area contributed by atoms with Crippen molar-refractivity contribution in [1.82, 2.24) is 9.78 Å². The normalized spacial score (nSPS) is 11.4. The molecule has 3 rings (SSSR count). The largest absolute Gasteiger partial charge is 0.494 e. The predicted molar refractivity (Wildman–Crippen MR) is 95.6 cm³/mol. The maximum atomic E-state index is 14.4. The fourth-order valence-electron chi connectivity index (χ4n) is 2.63. The molecule has 0 aliphatic rings. The van der Waals surface area contributed by atoms with Crippen molar-refractivity contribution in [3.8, 4) is 22.6 Å². The Balaban J connectivity index is 2.08. The summed E-state index contributed by atoms with van der Waals surface area (Å²) >= 11 is 5.87. The summed E-state index contributed by atoms with van der Waals surface area (Å²) < 4.78 is 59.0. The molecule has 3 aromatic rings. The van der Waals surface area contributed by atoms with Gasteiger partial charge in [0.25, 0.3) is 0 Å². The Morgan fingerprint density at radius 2 is 1.93 bits per heavy atom. The first-order valence-corrected chi connectivity index (χ1v) is 8.21. The van der Waals surface area contributed by atoms with Crippen LogP contribution in [0.2, 0.25) is 5.02 Å². The lowest BCUT2D eigenvalue weighted by atomic mass is 10.1. The van der Waals surface area contributed by atoms with Crippen LogP contribution in [0.4, 0.5) is 17.6 Å². The first-order chi connectivity index (χ1) is 13.7. The molecule has 29 heavy (non-hydrogen) atoms. The third-order valence-corrected chi connectivity index (χ3v) is 4.33. The summed E-state index contributed by atoms with van der Waals surface area (Å²) in [6.07, 6.45) is -2.14. The highest BCUT2D eigenvalue weighted by Gasteiger charge is 2.33. The van der Waals surface area contributed by atoms with Crippen LogP contribution in [-0.4, -0.2) is 22.8 Å². The Labute approximate surface area is 165 Å². The monoisotopic (exact) mass is 427 g/mol. The molecular weight excluding hydrogens is 418 g/mol. The second kappa shape index (κ2) is 7.63. The zero-order chi connectivity index (χ0) is 21.3. The van der Waals surface area contributed by atoms with Gasteiger partial charge in [-0.2, -0.15) is 18.3 Å². The summed E-state index contributed by atoms with van der Waals surface area (Å²) in [7, 11) is 1.10. The second-order valence-corrected chi connectivity index (χ2v) is 6.18. The average molecular weight is 428 g/mol. The van der Waals surface area contributed by atoms with Gasteiger partial charge in [-0.05, 0) is 29.8 Å². The van der Waals surface area contributed by atoms with Gasteiger partial charge in [0.1, 0.15) is 11.4 Å². The lowest BCUT2D eigenvalue weighted by Crippen LogP contribution is -2.09. The van der Waals surface area contributed by atoms with E-state index in [4.69, 9.17) is 16.3 Å². The van der Waals surface area contributed by atoms with Crippen molar-refractivity contribution in [2.75, 3.05) is 7.11 Å². The highest BCUT2D eigenvalue weighted by Crippen LogP contribution is 2.36. The van der Waals surface area contributed by atoms with Gasteiger partial charge in [0.05, 0.1) is 29.5 Å². The molecule has 1 amide bonds. The Morgan fingerprint density at radius 1 is 1.21 bits per heavy atom. The van der Waals surface area contributed by atoms with Crippen LogP contribution < -0.4 is 4.74 Å². The van der Waals surface area contributed by atoms with E-state index in [0.717, 1.165) is 11.8 Å². The molecule has 1 aromatic heterocycles. The minimum atomic E-state index is -4.75. The van der Waals surface area contributed by atoms with Gasteiger partial charge in [0.2, 0.25) is 0 Å². The summed E-state index contributed by atoms with van der Waals surface area (Å²) in [6.45, 7) is 0. The van der Waals surface area contributed by atoms with Crippen LogP contribution in [0.5, 0.6) is 5.75 Å². The van der Waals surface area contributed by atoms with E-state index in [2.05, 4.69) is 10.3 Å². The maximum Gasteiger partial charge on any atom is 0.416 e. The van der Waals surface area contributed by atoms with Crippen molar-refractivity contribution >= 4 is 17.5 Å². The summed E-state index contributed by atoms with van der Waals surface area (Å²) in [5.41, 5.74) is -0.885. The molecule has 0 atom stereocenters. The van der Waals surface area contributed by atoms with E-state index in [9.17, 15) is 27.3 Å². The number of nitroso groups, excluding NO2 is 1. The lowest BCUT2D eigenvalue weighted by molar-refractivity contribution is -0.137. The standard InChI is InChI=1S/C18H10ClF4N3O3/c1-29-15-6-11(18(21,22)23)5-14(20)16(15)26-8-10(7-24-26)9-2-3-13(19)12(4-9)17(27)25-28/h2-8H,1H3. The molecule has 0 N–H and O–H groups in total. The minimum absolute atomic E-state index is 0.0150. The summed E-state index contributed by atoms with van der Waals surface area (Å²) in [4.78, 5) is 22.0. The molecule has 0 unspecified atom stereocenters. The number of hydrogen-bond acceptors (Lipinski definition) is 4. The number of ether oxygens (including phenoxy) is 1. The Kier molecular flexibility index (Phi) is 5.38. The molecule has 6 nitrogen and oxygen atoms in total. The van der Waals surface area contributed by atoms with E-state index in [1.807, 2.05) is 0 Å². The van der Waals surface area contributed by atoms with Crippen LogP contribution in [0, 0.1) is 10.7 Å².